The van der Waals surface area contributed by atoms with Crippen molar-refractivity contribution in [1.29, 1.82) is 0 Å². The molecule has 2 aliphatic rings. The van der Waals surface area contributed by atoms with Crippen molar-refractivity contribution in [3.8, 4) is 5.75 Å². The van der Waals surface area contributed by atoms with Crippen molar-refractivity contribution in [3.05, 3.63) is 65.7 Å². The number of rotatable bonds is 5. The second kappa shape index (κ2) is 8.13. The summed E-state index contributed by atoms with van der Waals surface area (Å²) in [5.41, 5.74) is 2.39. The van der Waals surface area contributed by atoms with Crippen LogP contribution in [0.3, 0.4) is 0 Å². The van der Waals surface area contributed by atoms with E-state index in [1.165, 1.54) is 24.0 Å². The zero-order valence-electron chi connectivity index (χ0n) is 16.0. The predicted octanol–water partition coefficient (Wildman–Crippen LogP) is 3.68. The number of benzene rings is 2. The molecule has 4 nitrogen and oxygen atoms in total. The van der Waals surface area contributed by atoms with Gasteiger partial charge in [-0.15, -0.1) is 0 Å². The van der Waals surface area contributed by atoms with Gasteiger partial charge in [0, 0.05) is 13.6 Å². The smallest absolute Gasteiger partial charge is 0.263 e. The second-order valence-corrected chi connectivity index (χ2v) is 7.64. The number of carbonyl (C=O) groups is 1. The van der Waals surface area contributed by atoms with E-state index in [2.05, 4.69) is 35.2 Å². The summed E-state index contributed by atoms with van der Waals surface area (Å²) in [5.74, 6) is 0.934. The highest BCUT2D eigenvalue weighted by Crippen LogP contribution is 2.30. The van der Waals surface area contributed by atoms with Gasteiger partial charge in [0.1, 0.15) is 5.75 Å². The van der Waals surface area contributed by atoms with E-state index in [-0.39, 0.29) is 11.9 Å². The van der Waals surface area contributed by atoms with Gasteiger partial charge in [0.05, 0.1) is 6.04 Å². The van der Waals surface area contributed by atoms with Gasteiger partial charge >= 0.3 is 0 Å². The summed E-state index contributed by atoms with van der Waals surface area (Å²) in [4.78, 5) is 17.7. The van der Waals surface area contributed by atoms with Gasteiger partial charge in [-0.1, -0.05) is 48.5 Å². The third kappa shape index (κ3) is 4.01. The molecule has 0 bridgehead atoms. The van der Waals surface area contributed by atoms with E-state index < -0.39 is 6.10 Å². The fraction of sp³-hybridized carbons (Fsp3) is 0.435. The Hall–Kier alpha value is -2.33. The monoisotopic (exact) mass is 364 g/mol. The molecular formula is C23H28N2O2. The molecule has 1 saturated heterocycles. The average molecular weight is 364 g/mol. The van der Waals surface area contributed by atoms with Crippen molar-refractivity contribution in [3.63, 3.8) is 0 Å². The maximum absolute atomic E-state index is 13.3. The molecule has 0 aliphatic carbocycles. The molecule has 142 valence electrons. The van der Waals surface area contributed by atoms with E-state index >= 15 is 0 Å². The minimum atomic E-state index is -0.394. The Morgan fingerprint density at radius 2 is 1.81 bits per heavy atom. The molecule has 2 heterocycles. The number of aryl methyl sites for hydroxylation is 1. The van der Waals surface area contributed by atoms with Crippen LogP contribution in [0.15, 0.2) is 54.6 Å². The summed E-state index contributed by atoms with van der Waals surface area (Å²) in [7, 11) is 1.93. The number of hydrogen-bond acceptors (Lipinski definition) is 3. The van der Waals surface area contributed by atoms with Crippen molar-refractivity contribution < 1.29 is 9.53 Å². The van der Waals surface area contributed by atoms with Crippen LogP contribution in [0.1, 0.15) is 36.4 Å². The van der Waals surface area contributed by atoms with Gasteiger partial charge < -0.3 is 14.5 Å². The lowest BCUT2D eigenvalue weighted by atomic mass is 10.00. The first kappa shape index (κ1) is 18.1. The maximum atomic E-state index is 13.3. The Labute approximate surface area is 161 Å². The molecule has 4 heteroatoms. The van der Waals surface area contributed by atoms with Gasteiger partial charge in [-0.2, -0.15) is 0 Å². The average Bonchev–Trinajstić information content (AvgIpc) is 3.24. The topological polar surface area (TPSA) is 32.8 Å². The number of carbonyl (C=O) groups excluding carboxylic acids is 1. The summed E-state index contributed by atoms with van der Waals surface area (Å²) in [6.45, 7) is 3.13. The molecule has 0 saturated carbocycles. The lowest BCUT2D eigenvalue weighted by molar-refractivity contribution is -0.140. The molecule has 0 aromatic heterocycles. The molecule has 0 N–H and O–H groups in total. The summed E-state index contributed by atoms with van der Waals surface area (Å²) in [6, 6.07) is 18.5. The first-order chi connectivity index (χ1) is 13.2. The normalized spacial score (nSPS) is 20.6. The van der Waals surface area contributed by atoms with E-state index in [9.17, 15) is 4.79 Å². The molecule has 0 radical (unpaired) electrons. The molecule has 1 amide bonds. The fourth-order valence-corrected chi connectivity index (χ4v) is 4.22. The Balaban J connectivity index is 1.52. The Kier molecular flexibility index (Phi) is 5.44. The Morgan fingerprint density at radius 1 is 1.11 bits per heavy atom. The van der Waals surface area contributed by atoms with Crippen LogP contribution in [0.4, 0.5) is 0 Å². The molecule has 0 spiro atoms. The molecule has 2 aromatic rings. The maximum Gasteiger partial charge on any atom is 0.263 e. The van der Waals surface area contributed by atoms with E-state index in [4.69, 9.17) is 4.74 Å². The first-order valence-corrected chi connectivity index (χ1v) is 10.0. The highest BCUT2D eigenvalue weighted by Gasteiger charge is 2.33. The molecule has 1 unspecified atom stereocenters. The zero-order valence-corrected chi connectivity index (χ0v) is 16.0. The number of para-hydroxylation sites is 1. The van der Waals surface area contributed by atoms with Crippen molar-refractivity contribution in [2.45, 2.75) is 37.8 Å². The van der Waals surface area contributed by atoms with Gasteiger partial charge in [-0.3, -0.25) is 4.79 Å². The second-order valence-electron chi connectivity index (χ2n) is 7.64. The van der Waals surface area contributed by atoms with Crippen LogP contribution in [-0.4, -0.2) is 48.5 Å². The molecule has 2 aromatic carbocycles. The van der Waals surface area contributed by atoms with E-state index in [1.807, 2.05) is 36.2 Å². The van der Waals surface area contributed by atoms with Gasteiger partial charge in [0.15, 0.2) is 6.10 Å². The minimum absolute atomic E-state index is 0.0533. The molecular weight excluding hydrogens is 336 g/mol. The quantitative estimate of drug-likeness (QED) is 0.811. The van der Waals surface area contributed by atoms with Crippen molar-refractivity contribution in [2.75, 3.05) is 26.7 Å². The highest BCUT2D eigenvalue weighted by atomic mass is 16.5. The standard InChI is InChI=1S/C23H28N2O2/c1-24(23(26)22-14-13-19-11-5-6-12-21(19)27-22)20(17-25-15-7-8-16-25)18-9-3-2-4-10-18/h2-6,9-12,20,22H,7-8,13-17H2,1H3/t20?,22-/m0/s1. The summed E-state index contributed by atoms with van der Waals surface area (Å²) in [5, 5.41) is 0. The van der Waals surface area contributed by atoms with E-state index in [0.717, 1.165) is 38.2 Å². The van der Waals surface area contributed by atoms with Crippen molar-refractivity contribution in [1.82, 2.24) is 9.80 Å². The van der Waals surface area contributed by atoms with E-state index in [1.54, 1.807) is 0 Å². The largest absolute Gasteiger partial charge is 0.480 e. The number of hydrogen-bond donors (Lipinski definition) is 0. The zero-order chi connectivity index (χ0) is 18.6. The lowest BCUT2D eigenvalue weighted by Gasteiger charge is -2.35. The number of amides is 1. The molecule has 27 heavy (non-hydrogen) atoms. The SMILES string of the molecule is CN(C(=O)[C@@H]1CCc2ccccc2O1)C(CN1CCCC1)c1ccccc1. The third-order valence-electron chi connectivity index (χ3n) is 5.82. The van der Waals surface area contributed by atoms with Crippen LogP contribution >= 0.6 is 0 Å². The number of likely N-dealkylation sites (N-methyl/N-ethyl adjacent to an activating group) is 1. The minimum Gasteiger partial charge on any atom is -0.480 e. The fourth-order valence-electron chi connectivity index (χ4n) is 4.22. The van der Waals surface area contributed by atoms with Crippen LogP contribution in [0, 0.1) is 0 Å². The summed E-state index contributed by atoms with van der Waals surface area (Å²) < 4.78 is 6.07. The van der Waals surface area contributed by atoms with Gasteiger partial charge in [-0.25, -0.2) is 0 Å². The van der Waals surface area contributed by atoms with Gasteiger partial charge in [0.25, 0.3) is 5.91 Å². The third-order valence-corrected chi connectivity index (χ3v) is 5.82. The highest BCUT2D eigenvalue weighted by molar-refractivity contribution is 5.82. The van der Waals surface area contributed by atoms with E-state index in [0.29, 0.717) is 0 Å². The number of nitrogens with zero attached hydrogens (tertiary/aromatic N) is 2. The number of fused-ring (bicyclic) bond motifs is 1. The Bertz CT molecular complexity index is 771. The van der Waals surface area contributed by atoms with Crippen LogP contribution in [-0.2, 0) is 11.2 Å². The van der Waals surface area contributed by atoms with Crippen LogP contribution in [0.2, 0.25) is 0 Å². The van der Waals surface area contributed by atoms with Crippen LogP contribution in [0.5, 0.6) is 5.75 Å². The molecule has 2 atom stereocenters. The molecule has 1 fully saturated rings. The Morgan fingerprint density at radius 3 is 2.59 bits per heavy atom. The van der Waals surface area contributed by atoms with Crippen molar-refractivity contribution >= 4 is 5.91 Å². The first-order valence-electron chi connectivity index (χ1n) is 10.0. The molecule has 4 rings (SSSR count). The number of likely N-dealkylation sites (tertiary alicyclic amines) is 1. The van der Waals surface area contributed by atoms with Gasteiger partial charge in [-0.05, 0) is 56.0 Å². The lowest BCUT2D eigenvalue weighted by Crippen LogP contribution is -2.45. The molecule has 2 aliphatic heterocycles. The van der Waals surface area contributed by atoms with Gasteiger partial charge in [0.2, 0.25) is 0 Å². The van der Waals surface area contributed by atoms with Crippen LogP contribution in [0.25, 0.3) is 0 Å². The number of ether oxygens (including phenoxy) is 1. The van der Waals surface area contributed by atoms with Crippen LogP contribution < -0.4 is 4.74 Å². The summed E-state index contributed by atoms with van der Waals surface area (Å²) in [6.07, 6.45) is 3.74. The summed E-state index contributed by atoms with van der Waals surface area (Å²) >= 11 is 0. The van der Waals surface area contributed by atoms with Crippen molar-refractivity contribution in [2.24, 2.45) is 0 Å². The predicted molar refractivity (Wildman–Crippen MR) is 107 cm³/mol.